The van der Waals surface area contributed by atoms with E-state index in [1.54, 1.807) is 6.92 Å². The number of ether oxygens (including phenoxy) is 2. The van der Waals surface area contributed by atoms with Crippen molar-refractivity contribution < 1.29 is 19.4 Å². The summed E-state index contributed by atoms with van der Waals surface area (Å²) in [4.78, 5) is 11.3. The van der Waals surface area contributed by atoms with Crippen LogP contribution < -0.4 is 4.74 Å². The lowest BCUT2D eigenvalue weighted by Crippen LogP contribution is -2.26. The zero-order chi connectivity index (χ0) is 26.0. The van der Waals surface area contributed by atoms with E-state index in [1.165, 1.54) is 22.3 Å². The van der Waals surface area contributed by atoms with E-state index in [0.717, 1.165) is 22.4 Å². The van der Waals surface area contributed by atoms with Crippen LogP contribution in [0.5, 0.6) is 5.75 Å². The van der Waals surface area contributed by atoms with Crippen molar-refractivity contribution in [1.82, 2.24) is 0 Å². The van der Waals surface area contributed by atoms with E-state index in [4.69, 9.17) is 9.47 Å². The third-order valence-corrected chi connectivity index (χ3v) is 6.27. The summed E-state index contributed by atoms with van der Waals surface area (Å²) < 4.78 is 11.2. The standard InChI is InChI=1S/C33H32O4/c1-3-36-32(33(34)35)22-25-12-18-31(19-13-25)37-21-20-24(2)26-14-16-28(17-15-26)30-11-7-10-29(23-30)27-8-5-4-6-9-27/h4-20,23,32H,3,21-22H2,1-2H3,(H,34,35). The number of rotatable bonds is 11. The maximum absolute atomic E-state index is 11.3. The van der Waals surface area contributed by atoms with E-state index in [-0.39, 0.29) is 0 Å². The van der Waals surface area contributed by atoms with Gasteiger partial charge in [-0.25, -0.2) is 4.79 Å². The van der Waals surface area contributed by atoms with Gasteiger partial charge in [-0.1, -0.05) is 84.9 Å². The van der Waals surface area contributed by atoms with Gasteiger partial charge in [-0.2, -0.15) is 0 Å². The van der Waals surface area contributed by atoms with Gasteiger partial charge in [0.15, 0.2) is 6.10 Å². The summed E-state index contributed by atoms with van der Waals surface area (Å²) in [6.07, 6.45) is 1.56. The molecule has 4 nitrogen and oxygen atoms in total. The van der Waals surface area contributed by atoms with Crippen molar-refractivity contribution in [2.75, 3.05) is 13.2 Å². The molecule has 0 heterocycles. The minimum Gasteiger partial charge on any atom is -0.490 e. The largest absolute Gasteiger partial charge is 0.490 e. The second-order valence-electron chi connectivity index (χ2n) is 8.85. The molecule has 0 aliphatic carbocycles. The van der Waals surface area contributed by atoms with Crippen LogP contribution in [0.15, 0.2) is 109 Å². The van der Waals surface area contributed by atoms with Crippen LogP contribution in [0.1, 0.15) is 25.0 Å². The lowest BCUT2D eigenvalue weighted by atomic mass is 9.97. The van der Waals surface area contributed by atoms with Crippen LogP contribution in [0.2, 0.25) is 0 Å². The summed E-state index contributed by atoms with van der Waals surface area (Å²) in [5.41, 5.74) is 7.98. The molecular weight excluding hydrogens is 460 g/mol. The van der Waals surface area contributed by atoms with Gasteiger partial charge in [0.25, 0.3) is 0 Å². The second-order valence-corrected chi connectivity index (χ2v) is 8.85. The summed E-state index contributed by atoms with van der Waals surface area (Å²) in [5, 5.41) is 9.25. The first-order valence-electron chi connectivity index (χ1n) is 12.5. The Morgan fingerprint density at radius 2 is 1.43 bits per heavy atom. The summed E-state index contributed by atoms with van der Waals surface area (Å²) in [5.74, 6) is -0.207. The first-order valence-corrected chi connectivity index (χ1v) is 12.5. The Bertz CT molecular complexity index is 1320. The molecular formula is C33H32O4. The molecule has 0 aromatic heterocycles. The fraction of sp³-hybridized carbons (Fsp3) is 0.182. The minimum absolute atomic E-state index is 0.328. The van der Waals surface area contributed by atoms with Gasteiger partial charge in [0, 0.05) is 13.0 Å². The van der Waals surface area contributed by atoms with Crippen molar-refractivity contribution in [3.63, 3.8) is 0 Å². The average Bonchev–Trinajstić information content (AvgIpc) is 2.94. The molecule has 1 N–H and O–H groups in total. The predicted molar refractivity (Wildman–Crippen MR) is 150 cm³/mol. The Kier molecular flexibility index (Phi) is 8.90. The van der Waals surface area contributed by atoms with Gasteiger partial charge in [0.1, 0.15) is 12.4 Å². The lowest BCUT2D eigenvalue weighted by molar-refractivity contribution is -0.149. The summed E-state index contributed by atoms with van der Waals surface area (Å²) in [6, 6.07) is 35.1. The van der Waals surface area contributed by atoms with E-state index in [1.807, 2.05) is 30.3 Å². The Hall–Kier alpha value is -4.15. The molecule has 0 radical (unpaired) electrons. The fourth-order valence-electron chi connectivity index (χ4n) is 4.17. The van der Waals surface area contributed by atoms with E-state index in [9.17, 15) is 9.90 Å². The summed E-state index contributed by atoms with van der Waals surface area (Å²) in [6.45, 7) is 4.69. The van der Waals surface area contributed by atoms with Crippen molar-refractivity contribution >= 4 is 11.5 Å². The number of benzene rings is 4. The van der Waals surface area contributed by atoms with Crippen LogP contribution in [0, 0.1) is 0 Å². The molecule has 37 heavy (non-hydrogen) atoms. The lowest BCUT2D eigenvalue weighted by Gasteiger charge is -2.12. The Labute approximate surface area is 218 Å². The zero-order valence-electron chi connectivity index (χ0n) is 21.3. The van der Waals surface area contributed by atoms with Crippen LogP contribution >= 0.6 is 0 Å². The van der Waals surface area contributed by atoms with Gasteiger partial charge in [0.05, 0.1) is 0 Å². The number of hydrogen-bond acceptors (Lipinski definition) is 3. The van der Waals surface area contributed by atoms with E-state index in [0.29, 0.717) is 19.6 Å². The molecule has 0 aliphatic heterocycles. The molecule has 0 saturated carbocycles. The number of carbonyl (C=O) groups is 1. The highest BCUT2D eigenvalue weighted by molar-refractivity contribution is 5.75. The molecule has 0 fully saturated rings. The van der Waals surface area contributed by atoms with Crippen LogP contribution in [0.4, 0.5) is 0 Å². The molecule has 4 aromatic carbocycles. The van der Waals surface area contributed by atoms with Gasteiger partial charge >= 0.3 is 5.97 Å². The highest BCUT2D eigenvalue weighted by atomic mass is 16.5. The number of carboxylic acid groups (broad SMARTS) is 1. The molecule has 0 spiro atoms. The van der Waals surface area contributed by atoms with Gasteiger partial charge in [-0.15, -0.1) is 0 Å². The molecule has 188 valence electrons. The van der Waals surface area contributed by atoms with Gasteiger partial charge in [-0.05, 0) is 77.1 Å². The zero-order valence-corrected chi connectivity index (χ0v) is 21.3. The van der Waals surface area contributed by atoms with Crippen LogP contribution in [-0.2, 0) is 16.0 Å². The molecule has 0 saturated heterocycles. The van der Waals surface area contributed by atoms with E-state index in [2.05, 4.69) is 85.8 Å². The quantitative estimate of drug-likeness (QED) is 0.235. The number of carboxylic acids is 1. The monoisotopic (exact) mass is 492 g/mol. The number of allylic oxidation sites excluding steroid dienone is 1. The van der Waals surface area contributed by atoms with Crippen molar-refractivity contribution in [2.45, 2.75) is 26.4 Å². The summed E-state index contributed by atoms with van der Waals surface area (Å²) in [7, 11) is 0. The Balaban J connectivity index is 1.35. The molecule has 1 unspecified atom stereocenters. The highest BCUT2D eigenvalue weighted by Gasteiger charge is 2.17. The topological polar surface area (TPSA) is 55.8 Å². The molecule has 0 bridgehead atoms. The maximum atomic E-state index is 11.3. The van der Waals surface area contributed by atoms with E-state index >= 15 is 0 Å². The molecule has 0 aliphatic rings. The molecule has 0 amide bonds. The Morgan fingerprint density at radius 1 is 0.811 bits per heavy atom. The van der Waals surface area contributed by atoms with Crippen LogP contribution in [-0.4, -0.2) is 30.4 Å². The smallest absolute Gasteiger partial charge is 0.333 e. The normalized spacial score (nSPS) is 12.2. The van der Waals surface area contributed by atoms with Crippen molar-refractivity contribution in [1.29, 1.82) is 0 Å². The van der Waals surface area contributed by atoms with Crippen LogP contribution in [0.3, 0.4) is 0 Å². The first kappa shape index (κ1) is 25.9. The van der Waals surface area contributed by atoms with Crippen molar-refractivity contribution in [3.05, 3.63) is 120 Å². The predicted octanol–water partition coefficient (Wildman–Crippen LogP) is 7.54. The third-order valence-electron chi connectivity index (χ3n) is 6.27. The van der Waals surface area contributed by atoms with E-state index < -0.39 is 12.1 Å². The van der Waals surface area contributed by atoms with Crippen molar-refractivity contribution in [2.24, 2.45) is 0 Å². The van der Waals surface area contributed by atoms with Gasteiger partial charge < -0.3 is 14.6 Å². The van der Waals surface area contributed by atoms with Gasteiger partial charge in [-0.3, -0.25) is 0 Å². The number of hydrogen-bond donors (Lipinski definition) is 1. The maximum Gasteiger partial charge on any atom is 0.333 e. The minimum atomic E-state index is -0.948. The Morgan fingerprint density at radius 3 is 2.05 bits per heavy atom. The van der Waals surface area contributed by atoms with Gasteiger partial charge in [0.2, 0.25) is 0 Å². The highest BCUT2D eigenvalue weighted by Crippen LogP contribution is 2.27. The fourth-order valence-corrected chi connectivity index (χ4v) is 4.17. The van der Waals surface area contributed by atoms with Crippen molar-refractivity contribution in [3.8, 4) is 28.0 Å². The SMILES string of the molecule is CCOC(Cc1ccc(OCC=C(C)c2ccc(-c3cccc(-c4ccccc4)c3)cc2)cc1)C(=O)O. The first-order chi connectivity index (χ1) is 18.0. The molecule has 4 rings (SSSR count). The summed E-state index contributed by atoms with van der Waals surface area (Å²) >= 11 is 0. The third kappa shape index (κ3) is 7.18. The van der Waals surface area contributed by atoms with Crippen LogP contribution in [0.25, 0.3) is 27.8 Å². The molecule has 4 heteroatoms. The number of aliphatic carboxylic acids is 1. The molecule has 1 atom stereocenters. The molecule has 4 aromatic rings. The average molecular weight is 493 g/mol. The second kappa shape index (κ2) is 12.7.